The number of urea groups is 1. The molecule has 5 amide bonds. The summed E-state index contributed by atoms with van der Waals surface area (Å²) in [4.78, 5) is 81.2. The fraction of sp³-hybridized carbons (Fsp3) is 0.674. The monoisotopic (exact) mass is 1150 g/mol. The van der Waals surface area contributed by atoms with E-state index < -0.39 is 44.4 Å². The maximum atomic E-state index is 12.8. The van der Waals surface area contributed by atoms with Gasteiger partial charge in [-0.1, -0.05) is 57.2 Å². The van der Waals surface area contributed by atoms with Gasteiger partial charge in [-0.15, -0.1) is 0 Å². The Bertz CT molecular complexity index is 2030. The lowest BCUT2D eigenvalue weighted by Crippen LogP contribution is -2.53. The average Bonchev–Trinajstić information content (AvgIpc) is 4.04. The number of hydrogen-bond acceptors (Lipinski definition) is 14. The van der Waals surface area contributed by atoms with Crippen LogP contribution in [0.2, 0.25) is 0 Å². The third-order valence-corrected chi connectivity index (χ3v) is 10.5. The van der Waals surface area contributed by atoms with Crippen molar-refractivity contribution >= 4 is 113 Å². The van der Waals surface area contributed by atoms with Gasteiger partial charge in [-0.25, -0.2) is 33.8 Å². The first-order valence-corrected chi connectivity index (χ1v) is 25.5. The van der Waals surface area contributed by atoms with Gasteiger partial charge in [0, 0.05) is 44.8 Å². The number of nitrogens with one attached hydrogen (secondary N) is 2. The second kappa shape index (κ2) is 31.2. The first-order chi connectivity index (χ1) is 33.6. The molecular formula is C46H69BCl6N8O12. The lowest BCUT2D eigenvalue weighted by atomic mass is 9.76. The van der Waals surface area contributed by atoms with Gasteiger partial charge in [0.05, 0.1) is 25.1 Å². The number of alkyl halides is 6. The van der Waals surface area contributed by atoms with Gasteiger partial charge in [0.1, 0.15) is 11.2 Å². The zero-order chi connectivity index (χ0) is 56.0. The molecule has 3 fully saturated rings. The summed E-state index contributed by atoms with van der Waals surface area (Å²) in [5.74, 6) is -1.19. The Morgan fingerprint density at radius 3 is 1.68 bits per heavy atom. The second-order valence-corrected chi connectivity index (χ2v) is 24.2. The number of carbonyl (C=O) groups is 5. The normalized spacial score (nSPS) is 18.3. The number of benzene rings is 1. The summed E-state index contributed by atoms with van der Waals surface area (Å²) < 4.78 is 14.1. The minimum Gasteiger partial charge on any atom is -0.444 e. The van der Waals surface area contributed by atoms with Gasteiger partial charge in [-0.2, -0.15) is 0 Å². The Labute approximate surface area is 458 Å². The molecule has 0 bridgehead atoms. The standard InChI is InChI=1S/C22H31BN4O4.C11H18N2O3.C10H20N2O2.C3Cl6O3/c1-22(2,3)14-18(24-4)20(28)27-12-8-11-17(27)15-25-21(29)26-19(23(30)31)13-16-9-6-5-7-10-16;1-11(2,3)16-10(15)13-6-4-5-9(13)7-12-8-14;1-10(2,3)14-9(13)12-6-4-5-8(12)7-11;4-2(5,6)11-1(10)12-3(7,8)9/h5-7,9-10,14,17,19,30-31H,8,11-13,15H2,1-3H3,(H2,25,26,29);9H,4-7H2,1-3H3;8H,4-7,11H2,1-3H3;/t17-,19-;9-;8-;/m000./s1. The molecule has 1 aromatic carbocycles. The van der Waals surface area contributed by atoms with Gasteiger partial charge in [-0.3, -0.25) is 4.79 Å². The molecule has 3 heterocycles. The molecule has 0 aliphatic carbocycles. The Balaban J connectivity index is 0.000000533. The van der Waals surface area contributed by atoms with Gasteiger partial charge < -0.3 is 60.1 Å². The number of aliphatic imine (C=N–C) groups is 1. The van der Waals surface area contributed by atoms with Crippen molar-refractivity contribution in [3.8, 4) is 0 Å². The van der Waals surface area contributed by atoms with Gasteiger partial charge in [0.2, 0.25) is 11.8 Å². The van der Waals surface area contributed by atoms with E-state index in [9.17, 15) is 38.8 Å². The Kier molecular flexibility index (Phi) is 28.7. The molecule has 0 spiro atoms. The Hall–Kier alpha value is -3.94. The van der Waals surface area contributed by atoms with Crippen LogP contribution in [-0.4, -0.2) is 151 Å². The van der Waals surface area contributed by atoms with E-state index in [1.165, 1.54) is 6.08 Å². The fourth-order valence-corrected chi connectivity index (χ4v) is 7.50. The molecule has 0 saturated carbocycles. The van der Waals surface area contributed by atoms with E-state index in [0.29, 0.717) is 26.2 Å². The van der Waals surface area contributed by atoms with Crippen molar-refractivity contribution in [2.75, 3.05) is 39.3 Å². The predicted octanol–water partition coefficient (Wildman–Crippen LogP) is 8.61. The van der Waals surface area contributed by atoms with E-state index in [-0.39, 0.29) is 60.3 Å². The molecule has 410 valence electrons. The van der Waals surface area contributed by atoms with Crippen molar-refractivity contribution < 1.29 is 57.8 Å². The van der Waals surface area contributed by atoms with Crippen molar-refractivity contribution in [3.05, 3.63) is 59.1 Å². The van der Waals surface area contributed by atoms with Crippen LogP contribution in [0.3, 0.4) is 0 Å². The third kappa shape index (κ3) is 29.7. The van der Waals surface area contributed by atoms with Crippen LogP contribution in [0.5, 0.6) is 0 Å². The van der Waals surface area contributed by atoms with Crippen LogP contribution in [0.25, 0.3) is 4.85 Å². The van der Waals surface area contributed by atoms with E-state index in [4.69, 9.17) is 91.4 Å². The molecule has 73 heavy (non-hydrogen) atoms. The van der Waals surface area contributed by atoms with Crippen molar-refractivity contribution in [1.29, 1.82) is 0 Å². The summed E-state index contributed by atoms with van der Waals surface area (Å²) in [6, 6.07) is 8.63. The molecule has 6 N–H and O–H groups in total. The highest BCUT2D eigenvalue weighted by atomic mass is 35.6. The summed E-state index contributed by atoms with van der Waals surface area (Å²) in [5, 5.41) is 24.6. The molecule has 0 aromatic heterocycles. The summed E-state index contributed by atoms with van der Waals surface area (Å²) in [6.07, 6.45) is 6.82. The SMILES string of the molecule is CC(C)(C)OC(=O)N1CCC[C@H]1CN.CC(C)(C)OC(=O)N1CCC[C@H]1CN=C=O.O=C(OC(Cl)(Cl)Cl)OC(Cl)(Cl)Cl.[C-]#[N+]C(=CC(C)(C)C)C(=O)N1CCC[C@H]1CNC(=O)N[C@@H](Cc1ccccc1)B(O)O. The van der Waals surface area contributed by atoms with E-state index in [2.05, 4.69) is 29.9 Å². The third-order valence-electron chi connectivity index (χ3n) is 10.1. The minimum atomic E-state index is -2.24. The smallest absolute Gasteiger partial charge is 0.444 e. The first-order valence-electron chi connectivity index (χ1n) is 23.2. The Morgan fingerprint density at radius 1 is 0.795 bits per heavy atom. The number of nitrogens with zero attached hydrogens (tertiary/aromatic N) is 5. The highest BCUT2D eigenvalue weighted by molar-refractivity contribution is 6.67. The van der Waals surface area contributed by atoms with Crippen LogP contribution in [0.1, 0.15) is 106 Å². The number of nitrogens with two attached hydrogens (primary N) is 1. The first kappa shape index (κ1) is 67.1. The highest BCUT2D eigenvalue weighted by Crippen LogP contribution is 2.32. The Morgan fingerprint density at radius 2 is 1.26 bits per heavy atom. The molecular weight excluding hydrogens is 1080 g/mol. The maximum absolute atomic E-state index is 12.8. The van der Waals surface area contributed by atoms with Crippen molar-refractivity contribution in [2.24, 2.45) is 16.1 Å². The van der Waals surface area contributed by atoms with Crippen LogP contribution in [0.4, 0.5) is 19.2 Å². The van der Waals surface area contributed by atoms with Gasteiger partial charge in [0.25, 0.3) is 5.91 Å². The lowest BCUT2D eigenvalue weighted by molar-refractivity contribution is -0.127. The van der Waals surface area contributed by atoms with E-state index >= 15 is 0 Å². The number of likely N-dealkylation sites (tertiary alicyclic amines) is 3. The summed E-state index contributed by atoms with van der Waals surface area (Å²) in [5.41, 5.74) is 5.34. The molecule has 20 nitrogen and oxygen atoms in total. The van der Waals surface area contributed by atoms with Crippen LogP contribution in [0, 0.1) is 12.0 Å². The molecule has 0 unspecified atom stereocenters. The van der Waals surface area contributed by atoms with E-state index in [0.717, 1.165) is 50.6 Å². The molecule has 4 rings (SSSR count). The molecule has 3 saturated heterocycles. The molecule has 27 heteroatoms. The highest BCUT2D eigenvalue weighted by Gasteiger charge is 2.35. The molecule has 4 atom stereocenters. The number of halogens is 6. The predicted molar refractivity (Wildman–Crippen MR) is 282 cm³/mol. The largest absolute Gasteiger partial charge is 0.515 e. The molecule has 1 aromatic rings. The fourth-order valence-electron chi connectivity index (χ4n) is 7.12. The van der Waals surface area contributed by atoms with E-state index in [1.54, 1.807) is 20.8 Å². The number of allylic oxidation sites excluding steroid dienone is 1. The number of isocyanates is 1. The number of hydrogen-bond donors (Lipinski definition) is 5. The minimum absolute atomic E-state index is 0.0173. The quantitative estimate of drug-likeness (QED) is 0.0215. The van der Waals surface area contributed by atoms with Gasteiger partial charge >= 0.3 is 39.4 Å². The molecule has 0 radical (unpaired) electrons. The van der Waals surface area contributed by atoms with Crippen molar-refractivity contribution in [2.45, 2.75) is 150 Å². The zero-order valence-corrected chi connectivity index (χ0v) is 47.1. The lowest BCUT2D eigenvalue weighted by Gasteiger charge is -2.27. The van der Waals surface area contributed by atoms with Gasteiger partial charge in [0.15, 0.2) is 0 Å². The average molecular weight is 1150 g/mol. The van der Waals surface area contributed by atoms with Gasteiger partial charge in [-0.05, 0) is 167 Å². The number of amides is 5. The number of rotatable bonds is 10. The summed E-state index contributed by atoms with van der Waals surface area (Å²) in [7, 11) is -1.71. The van der Waals surface area contributed by atoms with Crippen molar-refractivity contribution in [3.63, 3.8) is 0 Å². The molecule has 3 aliphatic heterocycles. The number of carbonyl (C=O) groups excluding carboxylic acids is 6. The van der Waals surface area contributed by atoms with E-state index in [1.807, 2.05) is 92.6 Å². The zero-order valence-electron chi connectivity index (χ0n) is 42.6. The second-order valence-electron chi connectivity index (χ2n) is 19.8. The van der Waals surface area contributed by atoms with Crippen LogP contribution in [0.15, 0.2) is 47.1 Å². The summed E-state index contributed by atoms with van der Waals surface area (Å²) >= 11 is 30.2. The topological polar surface area (TPSA) is 256 Å². The van der Waals surface area contributed by atoms with Crippen LogP contribution < -0.4 is 16.4 Å². The summed E-state index contributed by atoms with van der Waals surface area (Å²) in [6.45, 7) is 27.3. The van der Waals surface area contributed by atoms with Crippen molar-refractivity contribution in [1.82, 2.24) is 25.3 Å². The van der Waals surface area contributed by atoms with Crippen LogP contribution in [-0.2, 0) is 35.0 Å². The maximum Gasteiger partial charge on any atom is 0.515 e. The number of ether oxygens (including phenoxy) is 4. The van der Waals surface area contributed by atoms with Crippen LogP contribution >= 0.6 is 69.6 Å². The molecule has 3 aliphatic rings.